The molecule has 0 aromatic heterocycles. The number of urea groups is 1. The minimum atomic E-state index is -1.13. The number of rotatable bonds is 4. The van der Waals surface area contributed by atoms with E-state index in [9.17, 15) is 4.79 Å². The van der Waals surface area contributed by atoms with Crippen LogP contribution in [0.15, 0.2) is 0 Å². The number of hydrogen-bond donors (Lipinski definition) is 4. The summed E-state index contributed by atoms with van der Waals surface area (Å²) in [5, 5.41) is 34.1. The van der Waals surface area contributed by atoms with E-state index in [4.69, 9.17) is 20.6 Å². The van der Waals surface area contributed by atoms with Gasteiger partial charge in [-0.05, 0) is 6.42 Å². The van der Waals surface area contributed by atoms with E-state index in [1.807, 2.05) is 0 Å². The second kappa shape index (κ2) is 5.72. The van der Waals surface area contributed by atoms with Gasteiger partial charge in [-0.1, -0.05) is 0 Å². The fourth-order valence-electron chi connectivity index (χ4n) is 0.510. The van der Waals surface area contributed by atoms with E-state index in [1.165, 1.54) is 0 Å². The van der Waals surface area contributed by atoms with Gasteiger partial charge >= 0.3 is 6.03 Å². The predicted molar refractivity (Wildman–Crippen MR) is 36.3 cm³/mol. The normalized spacial score (nSPS) is 9.67. The van der Waals surface area contributed by atoms with Crippen LogP contribution in [0.2, 0.25) is 0 Å². The van der Waals surface area contributed by atoms with Gasteiger partial charge in [-0.15, -0.1) is 0 Å². The highest BCUT2D eigenvalue weighted by Crippen LogP contribution is 1.92. The maximum absolute atomic E-state index is 10.7. The van der Waals surface area contributed by atoms with Crippen LogP contribution in [0, 0.1) is 0 Å². The van der Waals surface area contributed by atoms with E-state index in [0.29, 0.717) is 0 Å². The van der Waals surface area contributed by atoms with Crippen LogP contribution in [-0.4, -0.2) is 56.7 Å². The molecular weight excluding hydrogens is 168 g/mol. The lowest BCUT2D eigenvalue weighted by atomic mass is 10.4. The molecule has 0 rings (SSSR count). The molecule has 0 aliphatic rings. The zero-order chi connectivity index (χ0) is 9.56. The number of aliphatic hydroxyl groups is 2. The van der Waals surface area contributed by atoms with Crippen LogP contribution in [-0.2, 0) is 0 Å². The van der Waals surface area contributed by atoms with Gasteiger partial charge in [0.2, 0.25) is 0 Å². The Labute approximate surface area is 69.0 Å². The third-order valence-corrected chi connectivity index (χ3v) is 1.10. The number of hydrogen-bond acceptors (Lipinski definition) is 5. The van der Waals surface area contributed by atoms with Gasteiger partial charge in [-0.2, -0.15) is 5.06 Å². The van der Waals surface area contributed by atoms with Crippen LogP contribution in [0.5, 0.6) is 0 Å². The smallest absolute Gasteiger partial charge is 0.369 e. The zero-order valence-corrected chi connectivity index (χ0v) is 6.42. The Bertz CT molecular complexity index is 142. The molecule has 7 nitrogen and oxygen atoms in total. The average molecular weight is 180 g/mol. The van der Waals surface area contributed by atoms with Crippen LogP contribution < -0.4 is 0 Å². The third kappa shape index (κ3) is 3.49. The monoisotopic (exact) mass is 180 g/mol. The third-order valence-electron chi connectivity index (χ3n) is 1.10. The lowest BCUT2D eigenvalue weighted by molar-refractivity contribution is -0.146. The molecule has 0 aromatic rings. The van der Waals surface area contributed by atoms with E-state index in [1.54, 1.807) is 0 Å². The highest BCUT2D eigenvalue weighted by molar-refractivity contribution is 5.71. The number of hydroxylamine groups is 4. The first kappa shape index (κ1) is 11.1. The summed E-state index contributed by atoms with van der Waals surface area (Å²) < 4.78 is 0. The van der Waals surface area contributed by atoms with Crippen molar-refractivity contribution in [2.75, 3.05) is 19.9 Å². The number of amides is 2. The summed E-state index contributed by atoms with van der Waals surface area (Å²) in [6.45, 7) is -1.17. The summed E-state index contributed by atoms with van der Waals surface area (Å²) in [6.07, 6.45) is 0.196. The van der Waals surface area contributed by atoms with Crippen LogP contribution >= 0.6 is 0 Å². The Morgan fingerprint density at radius 1 is 1.17 bits per heavy atom. The topological polar surface area (TPSA) is 104 Å². The highest BCUT2D eigenvalue weighted by atomic mass is 16.6. The second-order valence-corrected chi connectivity index (χ2v) is 2.02. The minimum absolute atomic E-state index is 0.0582. The van der Waals surface area contributed by atoms with Gasteiger partial charge in [0.05, 0.1) is 6.54 Å². The highest BCUT2D eigenvalue weighted by Gasteiger charge is 2.15. The fraction of sp³-hybridized carbons (Fsp3) is 0.800. The standard InChI is InChI=1S/C5H12N2O5/c8-3-1-2-6(11)5(10)7(12)4-9/h8-9,11-12H,1-4H2. The minimum Gasteiger partial charge on any atom is -0.396 e. The molecule has 0 atom stereocenters. The molecule has 0 saturated heterocycles. The van der Waals surface area contributed by atoms with Gasteiger partial charge in [0.25, 0.3) is 0 Å². The van der Waals surface area contributed by atoms with E-state index < -0.39 is 12.8 Å². The van der Waals surface area contributed by atoms with Gasteiger partial charge in [0.15, 0.2) is 0 Å². The van der Waals surface area contributed by atoms with Crippen molar-refractivity contribution in [2.24, 2.45) is 0 Å². The first-order valence-corrected chi connectivity index (χ1v) is 3.32. The Kier molecular flexibility index (Phi) is 5.30. The lowest BCUT2D eigenvalue weighted by Crippen LogP contribution is -2.40. The summed E-state index contributed by atoms with van der Waals surface area (Å²) in [4.78, 5) is 10.7. The van der Waals surface area contributed by atoms with E-state index in [0.717, 1.165) is 0 Å². The summed E-state index contributed by atoms with van der Waals surface area (Å²) in [7, 11) is 0. The molecule has 0 fully saturated rings. The Hall–Kier alpha value is -0.890. The summed E-state index contributed by atoms with van der Waals surface area (Å²) in [5.41, 5.74) is 0. The second-order valence-electron chi connectivity index (χ2n) is 2.02. The lowest BCUT2D eigenvalue weighted by Gasteiger charge is -2.18. The average Bonchev–Trinajstić information content (AvgIpc) is 2.11. The molecule has 12 heavy (non-hydrogen) atoms. The molecule has 2 amide bonds. The Morgan fingerprint density at radius 3 is 2.17 bits per heavy atom. The van der Waals surface area contributed by atoms with Crippen molar-refractivity contribution >= 4 is 6.03 Å². The van der Waals surface area contributed by atoms with Crippen molar-refractivity contribution in [1.82, 2.24) is 10.1 Å². The molecule has 0 saturated carbocycles. The first-order chi connectivity index (χ1) is 5.63. The van der Waals surface area contributed by atoms with Gasteiger partial charge < -0.3 is 10.2 Å². The molecule has 0 aliphatic carbocycles. The number of aliphatic hydroxyl groups excluding tert-OH is 2. The van der Waals surface area contributed by atoms with Gasteiger partial charge in [-0.3, -0.25) is 10.4 Å². The number of carbonyl (C=O) groups excluding carboxylic acids is 1. The summed E-state index contributed by atoms with van der Waals surface area (Å²) >= 11 is 0. The SMILES string of the molecule is O=C(N(O)CO)N(O)CCCO. The van der Waals surface area contributed by atoms with Crippen molar-refractivity contribution in [3.05, 3.63) is 0 Å². The Morgan fingerprint density at radius 2 is 1.75 bits per heavy atom. The predicted octanol–water partition coefficient (Wildman–Crippen LogP) is -1.18. The fourth-order valence-corrected chi connectivity index (χ4v) is 0.510. The molecule has 0 unspecified atom stereocenters. The number of carbonyl (C=O) groups is 1. The summed E-state index contributed by atoms with van der Waals surface area (Å²) in [5.74, 6) is 0. The molecule has 0 bridgehead atoms. The maximum atomic E-state index is 10.7. The summed E-state index contributed by atoms with van der Waals surface area (Å²) in [6, 6.07) is -1.13. The van der Waals surface area contributed by atoms with Crippen molar-refractivity contribution < 1.29 is 25.4 Å². The van der Waals surface area contributed by atoms with E-state index in [-0.39, 0.29) is 29.7 Å². The van der Waals surface area contributed by atoms with Crippen molar-refractivity contribution in [3.63, 3.8) is 0 Å². The Balaban J connectivity index is 3.75. The molecule has 7 heteroatoms. The first-order valence-electron chi connectivity index (χ1n) is 3.32. The van der Waals surface area contributed by atoms with Crippen LogP contribution in [0.4, 0.5) is 4.79 Å². The number of nitrogens with zero attached hydrogens (tertiary/aromatic N) is 2. The molecule has 0 radical (unpaired) electrons. The maximum Gasteiger partial charge on any atom is 0.369 e. The van der Waals surface area contributed by atoms with Gasteiger partial charge in [-0.25, -0.2) is 9.86 Å². The van der Waals surface area contributed by atoms with Crippen LogP contribution in [0.3, 0.4) is 0 Å². The van der Waals surface area contributed by atoms with Crippen molar-refractivity contribution in [1.29, 1.82) is 0 Å². The molecule has 0 heterocycles. The molecule has 72 valence electrons. The molecule has 0 aliphatic heterocycles. The largest absolute Gasteiger partial charge is 0.396 e. The molecule has 0 spiro atoms. The quantitative estimate of drug-likeness (QED) is 0.247. The van der Waals surface area contributed by atoms with Gasteiger partial charge in [0.1, 0.15) is 6.73 Å². The molecular formula is C5H12N2O5. The van der Waals surface area contributed by atoms with E-state index in [2.05, 4.69) is 0 Å². The molecule has 4 N–H and O–H groups in total. The van der Waals surface area contributed by atoms with Crippen LogP contribution in [0.1, 0.15) is 6.42 Å². The van der Waals surface area contributed by atoms with Crippen molar-refractivity contribution in [3.8, 4) is 0 Å². The van der Waals surface area contributed by atoms with Crippen LogP contribution in [0.25, 0.3) is 0 Å². The van der Waals surface area contributed by atoms with Gasteiger partial charge in [0, 0.05) is 6.61 Å². The molecule has 0 aromatic carbocycles. The van der Waals surface area contributed by atoms with Crippen molar-refractivity contribution in [2.45, 2.75) is 6.42 Å². The van der Waals surface area contributed by atoms with E-state index >= 15 is 0 Å². The zero-order valence-electron chi connectivity index (χ0n) is 6.42.